The van der Waals surface area contributed by atoms with E-state index in [-0.39, 0.29) is 17.6 Å². The minimum absolute atomic E-state index is 0.0149. The van der Waals surface area contributed by atoms with E-state index >= 15 is 0 Å². The van der Waals surface area contributed by atoms with E-state index in [1.807, 2.05) is 31.2 Å². The van der Waals surface area contributed by atoms with Gasteiger partial charge in [-0.25, -0.2) is 0 Å². The smallest absolute Gasteiger partial charge is 0.276 e. The van der Waals surface area contributed by atoms with Crippen molar-refractivity contribution in [3.05, 3.63) is 47.7 Å². The van der Waals surface area contributed by atoms with Crippen molar-refractivity contribution in [2.75, 3.05) is 7.11 Å². The van der Waals surface area contributed by atoms with Gasteiger partial charge in [-0.05, 0) is 30.4 Å². The van der Waals surface area contributed by atoms with Crippen LogP contribution >= 0.6 is 0 Å². The van der Waals surface area contributed by atoms with Crippen molar-refractivity contribution in [1.29, 1.82) is 0 Å². The maximum atomic E-state index is 12.6. The quantitative estimate of drug-likeness (QED) is 0.829. The van der Waals surface area contributed by atoms with Crippen molar-refractivity contribution in [3.63, 3.8) is 0 Å². The second-order valence-corrected chi connectivity index (χ2v) is 5.78. The van der Waals surface area contributed by atoms with E-state index in [1.54, 1.807) is 7.11 Å². The number of allylic oxidation sites excluding steroid dienone is 1. The number of hydrogen-bond acceptors (Lipinski definition) is 3. The molecule has 0 bridgehead atoms. The summed E-state index contributed by atoms with van der Waals surface area (Å²) in [6.45, 7) is 4.07. The molecule has 1 fully saturated rings. The molecular formula is C17H20O3. The molecule has 1 aliphatic carbocycles. The third kappa shape index (κ3) is 1.80. The summed E-state index contributed by atoms with van der Waals surface area (Å²) in [5, 5.41) is 0. The minimum atomic E-state index is -1.09. The Hall–Kier alpha value is -1.61. The molecular weight excluding hydrogens is 252 g/mol. The largest absolute Gasteiger partial charge is 0.459 e. The van der Waals surface area contributed by atoms with Crippen molar-refractivity contribution in [2.24, 2.45) is 11.8 Å². The number of rotatable bonds is 2. The van der Waals surface area contributed by atoms with Gasteiger partial charge in [0, 0.05) is 13.5 Å². The fourth-order valence-corrected chi connectivity index (χ4v) is 3.64. The first-order valence-electron chi connectivity index (χ1n) is 7.09. The maximum absolute atomic E-state index is 12.6. The van der Waals surface area contributed by atoms with Crippen LogP contribution in [0.3, 0.4) is 0 Å². The second kappa shape index (κ2) is 4.74. The normalized spacial score (nSPS) is 36.2. The second-order valence-electron chi connectivity index (χ2n) is 5.78. The monoisotopic (exact) mass is 272 g/mol. The Kier molecular flexibility index (Phi) is 3.17. The minimum Gasteiger partial charge on any atom is -0.459 e. The summed E-state index contributed by atoms with van der Waals surface area (Å²) < 4.78 is 11.3. The number of benzene rings is 1. The van der Waals surface area contributed by atoms with Crippen molar-refractivity contribution in [1.82, 2.24) is 0 Å². The fourth-order valence-electron chi connectivity index (χ4n) is 3.64. The molecule has 0 aromatic heterocycles. The van der Waals surface area contributed by atoms with Gasteiger partial charge in [0.1, 0.15) is 0 Å². The Morgan fingerprint density at radius 3 is 2.65 bits per heavy atom. The average molecular weight is 272 g/mol. The van der Waals surface area contributed by atoms with Gasteiger partial charge in [0.05, 0.1) is 11.7 Å². The van der Waals surface area contributed by atoms with Gasteiger partial charge in [0.2, 0.25) is 5.78 Å². The van der Waals surface area contributed by atoms with Gasteiger partial charge in [-0.1, -0.05) is 37.3 Å². The molecule has 4 atom stereocenters. The van der Waals surface area contributed by atoms with E-state index in [9.17, 15) is 4.79 Å². The molecule has 2 aliphatic rings. The summed E-state index contributed by atoms with van der Waals surface area (Å²) >= 11 is 0. The zero-order chi connectivity index (χ0) is 14.3. The van der Waals surface area contributed by atoms with Crippen LogP contribution in [0.1, 0.15) is 31.7 Å². The topological polar surface area (TPSA) is 35.5 Å². The molecule has 3 rings (SSSR count). The van der Waals surface area contributed by atoms with E-state index in [4.69, 9.17) is 9.47 Å². The van der Waals surface area contributed by atoms with Crippen LogP contribution < -0.4 is 0 Å². The lowest BCUT2D eigenvalue weighted by Crippen LogP contribution is -2.53. The van der Waals surface area contributed by atoms with Crippen LogP contribution in [0.2, 0.25) is 0 Å². The number of Topliss-reactive ketones (excluding diaryl/α,β-unsaturated/α-hetero) is 1. The van der Waals surface area contributed by atoms with E-state index < -0.39 is 5.79 Å². The first-order chi connectivity index (χ1) is 9.58. The lowest BCUT2D eigenvalue weighted by atomic mass is 9.67. The van der Waals surface area contributed by atoms with Gasteiger partial charge >= 0.3 is 0 Å². The molecule has 0 spiro atoms. The van der Waals surface area contributed by atoms with Gasteiger partial charge in [-0.2, -0.15) is 0 Å². The molecule has 1 aromatic rings. The van der Waals surface area contributed by atoms with Gasteiger partial charge in [-0.15, -0.1) is 0 Å². The number of methoxy groups -OCH3 is 1. The molecule has 0 amide bonds. The molecule has 1 aromatic carbocycles. The highest BCUT2D eigenvalue weighted by molar-refractivity contribution is 5.89. The molecule has 3 heteroatoms. The SMILES string of the molecule is CO[C@]12OC(C)=C[C@H]1[C@@H](C)[C@H](c1ccccc1)CC2=O. The number of ketones is 1. The standard InChI is InChI=1S/C17H20O3/c1-11-9-15-12(2)14(13-7-5-4-6-8-13)10-16(18)17(15,19-3)20-11/h4-9,12,14-15H,10H2,1-3H3/t12-,14+,15-,17-/m0/s1. The van der Waals surface area contributed by atoms with Crippen LogP contribution in [-0.4, -0.2) is 18.7 Å². The first kappa shape index (κ1) is 13.4. The summed E-state index contributed by atoms with van der Waals surface area (Å²) in [5.41, 5.74) is 1.22. The molecule has 0 saturated heterocycles. The zero-order valence-corrected chi connectivity index (χ0v) is 12.1. The first-order valence-corrected chi connectivity index (χ1v) is 7.09. The van der Waals surface area contributed by atoms with E-state index in [0.29, 0.717) is 12.3 Å². The van der Waals surface area contributed by atoms with E-state index in [0.717, 1.165) is 5.76 Å². The highest BCUT2D eigenvalue weighted by Gasteiger charge is 2.58. The van der Waals surface area contributed by atoms with E-state index in [2.05, 4.69) is 19.1 Å². The molecule has 3 nitrogen and oxygen atoms in total. The lowest BCUT2D eigenvalue weighted by molar-refractivity contribution is -0.221. The summed E-state index contributed by atoms with van der Waals surface area (Å²) in [7, 11) is 1.56. The molecule has 1 heterocycles. The molecule has 0 radical (unpaired) electrons. The molecule has 0 N–H and O–H groups in total. The van der Waals surface area contributed by atoms with Crippen LogP contribution in [0.4, 0.5) is 0 Å². The van der Waals surface area contributed by atoms with Crippen molar-refractivity contribution in [2.45, 2.75) is 32.0 Å². The Balaban J connectivity index is 1.99. The fraction of sp³-hybridized carbons (Fsp3) is 0.471. The van der Waals surface area contributed by atoms with Gasteiger partial charge < -0.3 is 9.47 Å². The summed E-state index contributed by atoms with van der Waals surface area (Å²) in [4.78, 5) is 12.6. The highest BCUT2D eigenvalue weighted by atomic mass is 16.7. The molecule has 20 heavy (non-hydrogen) atoms. The van der Waals surface area contributed by atoms with Gasteiger partial charge in [0.25, 0.3) is 5.79 Å². The lowest BCUT2D eigenvalue weighted by Gasteiger charge is -2.43. The summed E-state index contributed by atoms with van der Waals surface area (Å²) in [6.07, 6.45) is 2.51. The summed E-state index contributed by atoms with van der Waals surface area (Å²) in [5.74, 6) is 0.249. The Bertz CT molecular complexity index is 549. The van der Waals surface area contributed by atoms with Crippen LogP contribution in [0.15, 0.2) is 42.2 Å². The average Bonchev–Trinajstić information content (AvgIpc) is 2.82. The third-order valence-electron chi connectivity index (χ3n) is 4.69. The number of fused-ring (bicyclic) bond motifs is 1. The number of ether oxygens (including phenoxy) is 2. The molecule has 1 saturated carbocycles. The Morgan fingerprint density at radius 2 is 2.00 bits per heavy atom. The van der Waals surface area contributed by atoms with Crippen LogP contribution in [-0.2, 0) is 14.3 Å². The van der Waals surface area contributed by atoms with Crippen LogP contribution in [0, 0.1) is 11.8 Å². The molecule has 0 unspecified atom stereocenters. The van der Waals surface area contributed by atoms with Crippen molar-refractivity contribution < 1.29 is 14.3 Å². The predicted molar refractivity (Wildman–Crippen MR) is 76.0 cm³/mol. The molecule has 106 valence electrons. The maximum Gasteiger partial charge on any atom is 0.276 e. The van der Waals surface area contributed by atoms with Gasteiger partial charge in [-0.3, -0.25) is 4.79 Å². The van der Waals surface area contributed by atoms with E-state index in [1.165, 1.54) is 5.56 Å². The number of carbonyl (C=O) groups is 1. The predicted octanol–water partition coefficient (Wildman–Crippen LogP) is 3.27. The molecule has 1 aliphatic heterocycles. The Morgan fingerprint density at radius 1 is 1.30 bits per heavy atom. The summed E-state index contributed by atoms with van der Waals surface area (Å²) in [6, 6.07) is 10.2. The van der Waals surface area contributed by atoms with Crippen molar-refractivity contribution in [3.8, 4) is 0 Å². The third-order valence-corrected chi connectivity index (χ3v) is 4.69. The van der Waals surface area contributed by atoms with Crippen LogP contribution in [0.25, 0.3) is 0 Å². The Labute approximate surface area is 119 Å². The van der Waals surface area contributed by atoms with Gasteiger partial charge in [0.15, 0.2) is 0 Å². The van der Waals surface area contributed by atoms with Crippen LogP contribution in [0.5, 0.6) is 0 Å². The number of hydrogen-bond donors (Lipinski definition) is 0. The van der Waals surface area contributed by atoms with Crippen molar-refractivity contribution >= 4 is 5.78 Å². The zero-order valence-electron chi connectivity index (χ0n) is 12.1. The number of carbonyl (C=O) groups excluding carboxylic acids is 1. The highest BCUT2D eigenvalue weighted by Crippen LogP contribution is 2.50.